The van der Waals surface area contributed by atoms with Crippen LogP contribution in [0.25, 0.3) is 0 Å². The standard InChI is InChI=1S/C13H21N5O/c1-16-6-8-18(9-7-16)13-14-11-10(12(19)15-13)4-3-5-17(11)2/h3-9H2,1-2H3,(H,14,15,19). The van der Waals surface area contributed by atoms with Crippen molar-refractivity contribution >= 4 is 11.8 Å². The molecule has 1 saturated heterocycles. The van der Waals surface area contributed by atoms with Crippen LogP contribution in [-0.4, -0.2) is 61.7 Å². The molecule has 0 atom stereocenters. The van der Waals surface area contributed by atoms with E-state index < -0.39 is 0 Å². The van der Waals surface area contributed by atoms with Gasteiger partial charge < -0.3 is 14.7 Å². The van der Waals surface area contributed by atoms with Crippen LogP contribution in [0.5, 0.6) is 0 Å². The molecule has 0 bridgehead atoms. The van der Waals surface area contributed by atoms with Gasteiger partial charge in [0.1, 0.15) is 5.82 Å². The zero-order chi connectivity index (χ0) is 13.4. The van der Waals surface area contributed by atoms with E-state index in [1.165, 1.54) is 0 Å². The second kappa shape index (κ2) is 4.85. The topological polar surface area (TPSA) is 55.5 Å². The third kappa shape index (κ3) is 2.32. The van der Waals surface area contributed by atoms with Gasteiger partial charge in [0.2, 0.25) is 5.95 Å². The molecule has 1 fully saturated rings. The van der Waals surface area contributed by atoms with E-state index >= 15 is 0 Å². The summed E-state index contributed by atoms with van der Waals surface area (Å²) in [7, 11) is 4.13. The highest BCUT2D eigenvalue weighted by Crippen LogP contribution is 2.22. The van der Waals surface area contributed by atoms with Gasteiger partial charge in [-0.3, -0.25) is 9.78 Å². The molecular formula is C13H21N5O. The van der Waals surface area contributed by atoms with Gasteiger partial charge in [0.25, 0.3) is 5.56 Å². The molecule has 0 saturated carbocycles. The monoisotopic (exact) mass is 263 g/mol. The number of likely N-dealkylation sites (N-methyl/N-ethyl adjacent to an activating group) is 1. The Morgan fingerprint density at radius 1 is 1.11 bits per heavy atom. The number of rotatable bonds is 1. The number of aromatic amines is 1. The number of nitrogens with zero attached hydrogens (tertiary/aromatic N) is 4. The Morgan fingerprint density at radius 2 is 1.84 bits per heavy atom. The molecule has 3 rings (SSSR count). The number of piperazine rings is 1. The summed E-state index contributed by atoms with van der Waals surface area (Å²) in [5, 5.41) is 0. The van der Waals surface area contributed by atoms with Gasteiger partial charge in [-0.2, -0.15) is 4.98 Å². The minimum atomic E-state index is 0.0329. The lowest BCUT2D eigenvalue weighted by atomic mass is 10.1. The van der Waals surface area contributed by atoms with E-state index in [9.17, 15) is 4.79 Å². The summed E-state index contributed by atoms with van der Waals surface area (Å²) in [4.78, 5) is 26.4. The van der Waals surface area contributed by atoms with Crippen LogP contribution in [0.15, 0.2) is 4.79 Å². The summed E-state index contributed by atoms with van der Waals surface area (Å²) in [6.07, 6.45) is 1.87. The first-order valence-electron chi connectivity index (χ1n) is 6.93. The highest BCUT2D eigenvalue weighted by molar-refractivity contribution is 5.51. The molecule has 2 aliphatic heterocycles. The molecule has 0 aliphatic carbocycles. The summed E-state index contributed by atoms with van der Waals surface area (Å²) in [6, 6.07) is 0. The van der Waals surface area contributed by atoms with Crippen molar-refractivity contribution in [3.05, 3.63) is 15.9 Å². The first-order valence-corrected chi connectivity index (χ1v) is 6.93. The fourth-order valence-corrected chi connectivity index (χ4v) is 2.78. The average molecular weight is 263 g/mol. The number of anilines is 2. The van der Waals surface area contributed by atoms with Crippen molar-refractivity contribution < 1.29 is 0 Å². The van der Waals surface area contributed by atoms with Gasteiger partial charge in [-0.15, -0.1) is 0 Å². The number of nitrogens with one attached hydrogen (secondary N) is 1. The van der Waals surface area contributed by atoms with E-state index in [4.69, 9.17) is 0 Å². The molecule has 0 aromatic carbocycles. The van der Waals surface area contributed by atoms with Gasteiger partial charge in [0, 0.05) is 39.8 Å². The average Bonchev–Trinajstić information content (AvgIpc) is 2.41. The SMILES string of the molecule is CN1CCN(c2nc3c(c(=O)[nH]2)CCCN3C)CC1. The molecule has 0 unspecified atom stereocenters. The number of aromatic nitrogens is 2. The Bertz CT molecular complexity index is 518. The van der Waals surface area contributed by atoms with Crippen molar-refractivity contribution in [3.63, 3.8) is 0 Å². The molecule has 1 N–H and O–H groups in total. The molecule has 104 valence electrons. The largest absolute Gasteiger partial charge is 0.359 e. The van der Waals surface area contributed by atoms with Gasteiger partial charge >= 0.3 is 0 Å². The normalized spacial score (nSPS) is 20.5. The van der Waals surface area contributed by atoms with Crippen LogP contribution in [-0.2, 0) is 6.42 Å². The van der Waals surface area contributed by atoms with Crippen LogP contribution < -0.4 is 15.4 Å². The predicted octanol–water partition coefficient (Wildman–Crippen LogP) is -0.0959. The quantitative estimate of drug-likeness (QED) is 0.767. The van der Waals surface area contributed by atoms with Crippen molar-refractivity contribution in [3.8, 4) is 0 Å². The van der Waals surface area contributed by atoms with E-state index in [1.807, 2.05) is 7.05 Å². The van der Waals surface area contributed by atoms with Crippen LogP contribution in [0.2, 0.25) is 0 Å². The van der Waals surface area contributed by atoms with Gasteiger partial charge in [0.05, 0.1) is 5.56 Å². The third-order valence-electron chi connectivity index (χ3n) is 4.07. The van der Waals surface area contributed by atoms with Gasteiger partial charge in [-0.25, -0.2) is 0 Å². The van der Waals surface area contributed by atoms with Crippen LogP contribution in [0.4, 0.5) is 11.8 Å². The zero-order valence-electron chi connectivity index (χ0n) is 11.6. The zero-order valence-corrected chi connectivity index (χ0v) is 11.6. The minimum absolute atomic E-state index is 0.0329. The predicted molar refractivity (Wildman–Crippen MR) is 76.2 cm³/mol. The number of hydrogen-bond acceptors (Lipinski definition) is 5. The van der Waals surface area contributed by atoms with E-state index in [1.54, 1.807) is 0 Å². The van der Waals surface area contributed by atoms with Crippen LogP contribution in [0.1, 0.15) is 12.0 Å². The summed E-state index contributed by atoms with van der Waals surface area (Å²) in [5.41, 5.74) is 0.872. The summed E-state index contributed by atoms with van der Waals surface area (Å²) in [6.45, 7) is 4.84. The van der Waals surface area contributed by atoms with Crippen LogP contribution in [0.3, 0.4) is 0 Å². The van der Waals surface area contributed by atoms with E-state index in [0.29, 0.717) is 0 Å². The van der Waals surface area contributed by atoms with Crippen LogP contribution in [0, 0.1) is 0 Å². The minimum Gasteiger partial charge on any atom is -0.359 e. The highest BCUT2D eigenvalue weighted by atomic mass is 16.1. The summed E-state index contributed by atoms with van der Waals surface area (Å²) < 4.78 is 0. The van der Waals surface area contributed by atoms with Crippen molar-refractivity contribution in [1.82, 2.24) is 14.9 Å². The van der Waals surface area contributed by atoms with E-state index in [0.717, 1.165) is 62.9 Å². The van der Waals surface area contributed by atoms with Gasteiger partial charge in [-0.05, 0) is 19.9 Å². The fraction of sp³-hybridized carbons (Fsp3) is 0.692. The molecule has 19 heavy (non-hydrogen) atoms. The van der Waals surface area contributed by atoms with E-state index in [2.05, 4.69) is 31.7 Å². The van der Waals surface area contributed by atoms with Crippen LogP contribution >= 0.6 is 0 Å². The van der Waals surface area contributed by atoms with E-state index in [-0.39, 0.29) is 5.56 Å². The Balaban J connectivity index is 1.93. The maximum Gasteiger partial charge on any atom is 0.257 e. The molecule has 6 nitrogen and oxygen atoms in total. The maximum absolute atomic E-state index is 12.2. The second-order valence-corrected chi connectivity index (χ2v) is 5.51. The molecule has 3 heterocycles. The lowest BCUT2D eigenvalue weighted by molar-refractivity contribution is 0.311. The number of H-pyrrole nitrogens is 1. The van der Waals surface area contributed by atoms with Crippen molar-refractivity contribution in [2.24, 2.45) is 0 Å². The third-order valence-corrected chi connectivity index (χ3v) is 4.07. The molecule has 2 aliphatic rings. The molecule has 0 radical (unpaired) electrons. The Labute approximate surface area is 113 Å². The second-order valence-electron chi connectivity index (χ2n) is 5.51. The van der Waals surface area contributed by atoms with Crippen molar-refractivity contribution in [2.45, 2.75) is 12.8 Å². The Morgan fingerprint density at radius 3 is 2.58 bits per heavy atom. The lowest BCUT2D eigenvalue weighted by Gasteiger charge is -2.34. The maximum atomic E-state index is 12.2. The Kier molecular flexibility index (Phi) is 3.18. The first kappa shape index (κ1) is 12.5. The molecule has 0 amide bonds. The molecule has 1 aromatic heterocycles. The smallest absolute Gasteiger partial charge is 0.257 e. The summed E-state index contributed by atoms with van der Waals surface area (Å²) >= 11 is 0. The number of hydrogen-bond donors (Lipinski definition) is 1. The van der Waals surface area contributed by atoms with Gasteiger partial charge in [-0.1, -0.05) is 0 Å². The first-order chi connectivity index (χ1) is 9.15. The molecule has 1 aromatic rings. The van der Waals surface area contributed by atoms with Crippen molar-refractivity contribution in [2.75, 3.05) is 56.6 Å². The molecule has 6 heteroatoms. The van der Waals surface area contributed by atoms with Gasteiger partial charge in [0.15, 0.2) is 0 Å². The van der Waals surface area contributed by atoms with Crippen molar-refractivity contribution in [1.29, 1.82) is 0 Å². The lowest BCUT2D eigenvalue weighted by Crippen LogP contribution is -2.46. The Hall–Kier alpha value is -1.56. The number of fused-ring (bicyclic) bond motifs is 1. The molecular weight excluding hydrogens is 242 g/mol. The fourth-order valence-electron chi connectivity index (χ4n) is 2.78. The molecule has 0 spiro atoms. The summed E-state index contributed by atoms with van der Waals surface area (Å²) in [5.74, 6) is 1.59. The highest BCUT2D eigenvalue weighted by Gasteiger charge is 2.22.